The molecule has 0 bridgehead atoms. The Morgan fingerprint density at radius 2 is 1.49 bits per heavy atom. The Bertz CT molecular complexity index is 2860. The maximum atomic E-state index is 15.0. The largest absolute Gasteiger partial charge is 0.487 e. The minimum Gasteiger partial charge on any atom is -0.487 e. The number of carboxylic acid groups (broad SMARTS) is 1. The molecule has 1 aromatic heterocycles. The number of carboxylic acids is 1. The van der Waals surface area contributed by atoms with E-state index in [0.29, 0.717) is 48.8 Å². The monoisotopic (exact) mass is 1400 g/mol. The molecule has 2 aromatic rings. The van der Waals surface area contributed by atoms with Crippen LogP contribution >= 0.6 is 0 Å². The maximum Gasteiger partial charge on any atom is 0.341 e. The van der Waals surface area contributed by atoms with E-state index in [0.717, 1.165) is 45.1 Å². The number of aromatic carboxylic acids is 1. The smallest absolute Gasteiger partial charge is 0.341 e. The van der Waals surface area contributed by atoms with Crippen molar-refractivity contribution in [3.63, 3.8) is 0 Å². The molecule has 4 saturated heterocycles. The minimum absolute atomic E-state index is 0.0307. The summed E-state index contributed by atoms with van der Waals surface area (Å²) in [6, 6.07) is 1.07. The zero-order chi connectivity index (χ0) is 73.3. The van der Waals surface area contributed by atoms with Crippen LogP contribution in [0, 0.1) is 29.5 Å². The van der Waals surface area contributed by atoms with Gasteiger partial charge in [0.2, 0.25) is 12.2 Å². The standard InChI is InChI=1S/C41H76N2O15.C18H20FN3O4.C10H24N2O2/c1-15-29-41(10,49)34(45)24(4)31(42-53-21-52-17-16-50-13)22(2)19-39(8,48)36(58-38-32(44)28(43(11)12)18-23(3)54-38)25(5)33(26(6)37(47)56-29)57-30-20-40(9,51-14)35(46)27(7)55-30;1-10-9-26-17-14-11(16(23)12(18(24)25)8-22(10)14)7-13(19)15(17)21-5-3-20(2)4-6-21;1-3-9(7-13)11-5-6-12-10(4-2)8-14/h22-30,32-36,38,44-46,48-49H,15-21H2,1-14H3;7-8,10H,3-6,9H2,1-2H3,(H,24,25);9-14H,3-8H2,1-2H3/b42-31+;;/t22-,23?,24+,25+,26-,27?,28?,29-,30?,32?,33+,34-,35?,36-,38?,39-,40?,41-;;9-,10-/m1.0/s1. The summed E-state index contributed by atoms with van der Waals surface area (Å²) in [6.07, 6.45) is -6.27. The van der Waals surface area contributed by atoms with Gasteiger partial charge in [-0.05, 0) is 108 Å². The number of aliphatic hydroxyl groups is 7. The summed E-state index contributed by atoms with van der Waals surface area (Å²) >= 11 is 0. The van der Waals surface area contributed by atoms with Crippen LogP contribution in [0.3, 0.4) is 0 Å². The Balaban J connectivity index is 0.000000350. The highest BCUT2D eigenvalue weighted by atomic mass is 19.1. The van der Waals surface area contributed by atoms with Crippen molar-refractivity contribution < 1.29 is 102 Å². The lowest BCUT2D eigenvalue weighted by atomic mass is 9.73. The number of carbonyl (C=O) groups is 2. The number of pyridine rings is 1. The highest BCUT2D eigenvalue weighted by Crippen LogP contribution is 2.44. The van der Waals surface area contributed by atoms with Crippen LogP contribution in [0.15, 0.2) is 22.2 Å². The number of cyclic esters (lactones) is 1. The third-order valence-corrected chi connectivity index (χ3v) is 20.2. The fourth-order valence-electron chi connectivity index (χ4n) is 13.9. The molecular formula is C69H120FN7O21. The first-order valence-corrected chi connectivity index (χ1v) is 34.8. The Morgan fingerprint density at radius 1 is 0.867 bits per heavy atom. The minimum atomic E-state index is -1.97. The normalized spacial score (nSPS) is 34.7. The number of esters is 1. The number of carbonyl (C=O) groups excluding carboxylic acids is 1. The first kappa shape index (κ1) is 84.3. The number of hydrogen-bond acceptors (Lipinski definition) is 26. The topological polar surface area (TPSA) is 356 Å². The quantitative estimate of drug-likeness (QED) is 0.0311. The van der Waals surface area contributed by atoms with E-state index in [4.69, 9.17) is 57.7 Å². The van der Waals surface area contributed by atoms with Gasteiger partial charge in [-0.1, -0.05) is 46.7 Å². The van der Waals surface area contributed by atoms with E-state index >= 15 is 0 Å². The van der Waals surface area contributed by atoms with Gasteiger partial charge in [-0.25, -0.2) is 9.18 Å². The Hall–Kier alpha value is -4.35. The number of piperazine rings is 1. The number of aromatic nitrogens is 1. The average molecular weight is 1400 g/mol. The van der Waals surface area contributed by atoms with Gasteiger partial charge in [-0.2, -0.15) is 0 Å². The number of likely N-dealkylation sites (N-methyl/N-ethyl adjacent to an activating group) is 2. The van der Waals surface area contributed by atoms with Crippen LogP contribution in [0.25, 0.3) is 10.9 Å². The summed E-state index contributed by atoms with van der Waals surface area (Å²) < 4.78 is 70.7. The molecule has 5 aliphatic rings. The molecule has 21 atom stereocenters. The van der Waals surface area contributed by atoms with Crippen LogP contribution in [0.5, 0.6) is 5.75 Å². The van der Waals surface area contributed by atoms with Gasteiger partial charge in [-0.15, -0.1) is 0 Å². The number of rotatable bonds is 24. The molecule has 9 unspecified atom stereocenters. The molecule has 98 heavy (non-hydrogen) atoms. The van der Waals surface area contributed by atoms with E-state index < -0.39 is 119 Å². The van der Waals surface area contributed by atoms with Gasteiger partial charge in [-0.3, -0.25) is 9.59 Å². The van der Waals surface area contributed by atoms with Crippen molar-refractivity contribution in [1.82, 2.24) is 25.0 Å². The Kier molecular flexibility index (Phi) is 32.9. The van der Waals surface area contributed by atoms with Crippen LogP contribution in [0.2, 0.25) is 0 Å². The highest BCUT2D eigenvalue weighted by molar-refractivity contribution is 5.97. The van der Waals surface area contributed by atoms with Gasteiger partial charge in [0.05, 0.1) is 96.7 Å². The summed E-state index contributed by atoms with van der Waals surface area (Å²) in [5.74, 6) is -5.68. The van der Waals surface area contributed by atoms with Gasteiger partial charge in [0.1, 0.15) is 41.8 Å². The molecule has 0 aliphatic carbocycles. The van der Waals surface area contributed by atoms with Gasteiger partial charge < -0.3 is 118 Å². The van der Waals surface area contributed by atoms with Crippen molar-refractivity contribution in [1.29, 1.82) is 0 Å². The summed E-state index contributed by atoms with van der Waals surface area (Å²) in [6.45, 7) is 28.5. The SMILES string of the molecule is CC1COc2c(N3CCN(C)CC3)c(F)cc3c(=O)c(C(=O)O)cn1c23.CC[C@@H](CO)NCCN[C@@H](CC)CO.CC[C@H]1OC(=O)[C@H](C)[C@@H](OC2CC(C)(OC)C(O)C(C)O2)[C@H](C)[C@@H](OC2OC(C)CC(N(C)C)C2O)[C@](C)(O)C[C@@H](C)/C(=N\OCOCCOC)[C@H](C)[C@@H](O)[C@]1(C)O. The molecule has 0 amide bonds. The second-order valence-corrected chi connectivity index (χ2v) is 28.2. The van der Waals surface area contributed by atoms with E-state index in [1.807, 2.05) is 65.6 Å². The molecule has 1 aromatic carbocycles. The van der Waals surface area contributed by atoms with E-state index in [2.05, 4.69) is 20.7 Å². The number of aliphatic hydroxyl groups excluding tert-OH is 5. The molecule has 7 rings (SSSR count). The Labute approximate surface area is 578 Å². The van der Waals surface area contributed by atoms with Gasteiger partial charge in [0, 0.05) is 102 Å². The summed E-state index contributed by atoms with van der Waals surface area (Å²) in [4.78, 5) is 49.9. The number of nitrogens with one attached hydrogen (secondary N) is 2. The molecule has 564 valence electrons. The van der Waals surface area contributed by atoms with E-state index in [1.54, 1.807) is 60.1 Å². The van der Waals surface area contributed by atoms with Crippen molar-refractivity contribution in [2.24, 2.45) is 28.8 Å². The highest BCUT2D eigenvalue weighted by Gasteiger charge is 2.54. The third kappa shape index (κ3) is 21.2. The molecule has 10 N–H and O–H groups in total. The lowest BCUT2D eigenvalue weighted by molar-refractivity contribution is -0.317. The lowest BCUT2D eigenvalue weighted by Gasteiger charge is -2.49. The maximum absolute atomic E-state index is 15.0. The number of methoxy groups -OCH3 is 2. The summed E-state index contributed by atoms with van der Waals surface area (Å²) in [5.41, 5.74) is -4.72. The number of hydrogen-bond donors (Lipinski definition) is 10. The van der Waals surface area contributed by atoms with Gasteiger partial charge >= 0.3 is 11.9 Å². The molecule has 5 aliphatic heterocycles. The van der Waals surface area contributed by atoms with Crippen molar-refractivity contribution in [3.8, 4) is 5.75 Å². The second-order valence-electron chi connectivity index (χ2n) is 28.2. The van der Waals surface area contributed by atoms with Crippen LogP contribution in [0.4, 0.5) is 10.1 Å². The Morgan fingerprint density at radius 3 is 2.04 bits per heavy atom. The summed E-state index contributed by atoms with van der Waals surface area (Å²) in [7, 11) is 8.78. The molecule has 29 heteroatoms. The van der Waals surface area contributed by atoms with E-state index in [1.165, 1.54) is 20.2 Å². The van der Waals surface area contributed by atoms with Crippen molar-refractivity contribution in [2.75, 3.05) is 119 Å². The van der Waals surface area contributed by atoms with Gasteiger partial charge in [0.15, 0.2) is 24.1 Å². The molecule has 4 fully saturated rings. The molecular weight excluding hydrogens is 1280 g/mol. The van der Waals surface area contributed by atoms with Crippen molar-refractivity contribution in [3.05, 3.63) is 33.9 Å². The first-order valence-electron chi connectivity index (χ1n) is 34.8. The number of benzene rings is 1. The van der Waals surface area contributed by atoms with Crippen LogP contribution in [-0.4, -0.2) is 284 Å². The van der Waals surface area contributed by atoms with E-state index in [9.17, 15) is 49.4 Å². The molecule has 28 nitrogen and oxygen atoms in total. The first-order chi connectivity index (χ1) is 46.1. The predicted molar refractivity (Wildman–Crippen MR) is 366 cm³/mol. The fourth-order valence-corrected chi connectivity index (χ4v) is 13.9. The molecule has 0 radical (unpaired) electrons. The van der Waals surface area contributed by atoms with Crippen molar-refractivity contribution >= 4 is 34.2 Å². The van der Waals surface area contributed by atoms with Gasteiger partial charge in [0.25, 0.3) is 0 Å². The molecule has 6 heterocycles. The molecule has 0 spiro atoms. The van der Waals surface area contributed by atoms with Crippen LogP contribution in [0.1, 0.15) is 145 Å². The predicted octanol–water partition coefficient (Wildman–Crippen LogP) is 3.46. The van der Waals surface area contributed by atoms with E-state index in [-0.39, 0.29) is 93.7 Å². The molecule has 0 saturated carbocycles. The number of ether oxygens (including phenoxy) is 9. The number of anilines is 1. The zero-order valence-corrected chi connectivity index (χ0v) is 61.3. The summed E-state index contributed by atoms with van der Waals surface area (Å²) in [5, 5.41) is 97.2. The number of nitrogens with zero attached hydrogens (tertiary/aromatic N) is 5. The fraction of sp³-hybridized carbons (Fsp3) is 0.826. The lowest BCUT2D eigenvalue weighted by Crippen LogP contribution is -2.61. The number of oxime groups is 1. The third-order valence-electron chi connectivity index (χ3n) is 20.2. The zero-order valence-electron chi connectivity index (χ0n) is 61.3. The van der Waals surface area contributed by atoms with Crippen LogP contribution < -0.4 is 25.7 Å². The van der Waals surface area contributed by atoms with Crippen LogP contribution in [-0.2, 0) is 47.5 Å². The number of halogens is 1. The second kappa shape index (κ2) is 38.2. The average Bonchev–Trinajstić information content (AvgIpc) is 0.734. The van der Waals surface area contributed by atoms with Crippen molar-refractivity contribution in [2.45, 2.75) is 231 Å².